The van der Waals surface area contributed by atoms with Gasteiger partial charge < -0.3 is 20.1 Å². The molecule has 0 radical (unpaired) electrons. The molecule has 2 N–H and O–H groups in total. The van der Waals surface area contributed by atoms with Gasteiger partial charge in [0, 0.05) is 13.0 Å². The number of rotatable bonds is 9. The van der Waals surface area contributed by atoms with E-state index in [4.69, 9.17) is 32.7 Å². The normalized spacial score (nSPS) is 10.5. The van der Waals surface area contributed by atoms with Gasteiger partial charge in [0.25, 0.3) is 0 Å². The Morgan fingerprint density at radius 2 is 1.69 bits per heavy atom. The minimum Gasteiger partial charge on any atom is -0.493 e. The van der Waals surface area contributed by atoms with Gasteiger partial charge in [-0.15, -0.1) is 0 Å². The smallest absolute Gasteiger partial charge is 0.225 e. The molecule has 0 heterocycles. The molecule has 140 valence electrons. The zero-order valence-corrected chi connectivity index (χ0v) is 16.3. The van der Waals surface area contributed by atoms with Gasteiger partial charge in [-0.1, -0.05) is 35.3 Å². The minimum absolute atomic E-state index is 0.140. The molecular formula is C19H22Cl2N2O3. The molecule has 0 saturated heterocycles. The highest BCUT2D eigenvalue weighted by molar-refractivity contribution is 6.39. The van der Waals surface area contributed by atoms with Crippen molar-refractivity contribution in [3.05, 3.63) is 52.0 Å². The first-order valence-corrected chi connectivity index (χ1v) is 8.96. The lowest BCUT2D eigenvalue weighted by Gasteiger charge is -2.11. The van der Waals surface area contributed by atoms with Crippen LogP contribution < -0.4 is 20.1 Å². The monoisotopic (exact) mass is 396 g/mol. The lowest BCUT2D eigenvalue weighted by Crippen LogP contribution is -2.23. The van der Waals surface area contributed by atoms with E-state index < -0.39 is 0 Å². The maximum Gasteiger partial charge on any atom is 0.225 e. The zero-order chi connectivity index (χ0) is 18.9. The lowest BCUT2D eigenvalue weighted by atomic mass is 10.1. The van der Waals surface area contributed by atoms with Crippen LogP contribution >= 0.6 is 23.2 Å². The summed E-state index contributed by atoms with van der Waals surface area (Å²) in [5.41, 5.74) is 1.58. The van der Waals surface area contributed by atoms with Crippen LogP contribution in [0.25, 0.3) is 0 Å². The molecule has 0 unspecified atom stereocenters. The van der Waals surface area contributed by atoms with Crippen molar-refractivity contribution in [1.82, 2.24) is 5.32 Å². The number of hydrogen-bond acceptors (Lipinski definition) is 4. The van der Waals surface area contributed by atoms with Crippen LogP contribution in [0.2, 0.25) is 10.0 Å². The molecule has 2 aromatic rings. The summed E-state index contributed by atoms with van der Waals surface area (Å²) < 4.78 is 10.5. The van der Waals surface area contributed by atoms with Crippen molar-refractivity contribution in [3.63, 3.8) is 0 Å². The van der Waals surface area contributed by atoms with E-state index in [1.54, 1.807) is 32.4 Å². The maximum atomic E-state index is 12.0. The highest BCUT2D eigenvalue weighted by Crippen LogP contribution is 2.30. The van der Waals surface area contributed by atoms with E-state index in [2.05, 4.69) is 10.6 Å². The van der Waals surface area contributed by atoms with Crippen molar-refractivity contribution in [3.8, 4) is 11.5 Å². The Hall–Kier alpha value is -1.95. The highest BCUT2D eigenvalue weighted by atomic mass is 35.5. The molecule has 0 aromatic heterocycles. The van der Waals surface area contributed by atoms with Crippen molar-refractivity contribution in [1.29, 1.82) is 0 Å². The molecule has 0 spiro atoms. The fraction of sp³-hybridized carbons (Fsp3) is 0.316. The largest absolute Gasteiger partial charge is 0.493 e. The van der Waals surface area contributed by atoms with Gasteiger partial charge >= 0.3 is 0 Å². The molecule has 2 aromatic carbocycles. The molecular weight excluding hydrogens is 375 g/mol. The summed E-state index contributed by atoms with van der Waals surface area (Å²) in [4.78, 5) is 12.0. The molecule has 2 rings (SSSR count). The van der Waals surface area contributed by atoms with Gasteiger partial charge in [0.2, 0.25) is 5.91 Å². The Bertz CT molecular complexity index is 733. The number of nitrogens with one attached hydrogen (secondary N) is 2. The Balaban J connectivity index is 1.73. The predicted molar refractivity (Wildman–Crippen MR) is 106 cm³/mol. The molecule has 0 bridgehead atoms. The number of carbonyl (C=O) groups excluding carboxylic acids is 1. The van der Waals surface area contributed by atoms with Gasteiger partial charge in [0.05, 0.1) is 30.0 Å². The number of methoxy groups -OCH3 is 2. The summed E-state index contributed by atoms with van der Waals surface area (Å²) in [7, 11) is 3.23. The summed E-state index contributed by atoms with van der Waals surface area (Å²) in [5.74, 6) is 1.28. The van der Waals surface area contributed by atoms with E-state index in [9.17, 15) is 4.79 Å². The molecule has 0 aliphatic carbocycles. The van der Waals surface area contributed by atoms with Gasteiger partial charge in [0.1, 0.15) is 0 Å². The minimum atomic E-state index is -0.140. The Morgan fingerprint density at radius 1 is 1.00 bits per heavy atom. The van der Waals surface area contributed by atoms with E-state index in [-0.39, 0.29) is 5.91 Å². The number of anilines is 1. The third kappa shape index (κ3) is 5.80. The number of ether oxygens (including phenoxy) is 2. The summed E-state index contributed by atoms with van der Waals surface area (Å²) >= 11 is 12.1. The van der Waals surface area contributed by atoms with E-state index in [0.717, 1.165) is 18.5 Å². The molecule has 0 aliphatic heterocycles. The molecule has 0 aliphatic rings. The van der Waals surface area contributed by atoms with Crippen molar-refractivity contribution < 1.29 is 14.3 Å². The zero-order valence-electron chi connectivity index (χ0n) is 14.8. The Labute approximate surface area is 163 Å². The third-order valence-electron chi connectivity index (χ3n) is 3.79. The first kappa shape index (κ1) is 20.4. The summed E-state index contributed by atoms with van der Waals surface area (Å²) in [6.07, 6.45) is 1.14. The van der Waals surface area contributed by atoms with Crippen LogP contribution in [-0.4, -0.2) is 33.2 Å². The van der Waals surface area contributed by atoms with Crippen LogP contribution in [0.15, 0.2) is 36.4 Å². The van der Waals surface area contributed by atoms with Crippen molar-refractivity contribution in [2.45, 2.75) is 12.8 Å². The second-order valence-electron chi connectivity index (χ2n) is 5.58. The van der Waals surface area contributed by atoms with Crippen molar-refractivity contribution in [2.75, 3.05) is 32.6 Å². The summed E-state index contributed by atoms with van der Waals surface area (Å²) in [5, 5.41) is 6.84. The van der Waals surface area contributed by atoms with Crippen molar-refractivity contribution >= 4 is 34.8 Å². The van der Waals surface area contributed by atoms with Crippen LogP contribution in [0, 0.1) is 0 Å². The number of benzene rings is 2. The number of carbonyl (C=O) groups is 1. The van der Waals surface area contributed by atoms with Crippen LogP contribution in [0.5, 0.6) is 11.5 Å². The molecule has 5 nitrogen and oxygen atoms in total. The van der Waals surface area contributed by atoms with Gasteiger partial charge in [-0.2, -0.15) is 0 Å². The average molecular weight is 397 g/mol. The summed E-state index contributed by atoms with van der Waals surface area (Å²) in [6, 6.07) is 10.9. The second-order valence-corrected chi connectivity index (χ2v) is 6.40. The molecule has 26 heavy (non-hydrogen) atoms. The SMILES string of the molecule is COc1ccc(CCNCCC(=O)Nc2c(Cl)cccc2Cl)cc1OC. The Morgan fingerprint density at radius 3 is 2.35 bits per heavy atom. The molecule has 0 atom stereocenters. The first-order chi connectivity index (χ1) is 12.5. The number of amides is 1. The van der Waals surface area contributed by atoms with E-state index >= 15 is 0 Å². The molecule has 1 amide bonds. The van der Waals surface area contributed by atoms with E-state index in [0.29, 0.717) is 40.2 Å². The first-order valence-electron chi connectivity index (χ1n) is 8.20. The van der Waals surface area contributed by atoms with Crippen LogP contribution in [0.1, 0.15) is 12.0 Å². The van der Waals surface area contributed by atoms with Crippen LogP contribution in [0.3, 0.4) is 0 Å². The Kier molecular flexibility index (Phi) is 8.04. The van der Waals surface area contributed by atoms with Crippen molar-refractivity contribution in [2.24, 2.45) is 0 Å². The molecule has 7 heteroatoms. The number of hydrogen-bond donors (Lipinski definition) is 2. The van der Waals surface area contributed by atoms with E-state index in [1.807, 2.05) is 18.2 Å². The average Bonchev–Trinajstić information content (AvgIpc) is 2.64. The van der Waals surface area contributed by atoms with Crippen LogP contribution in [0.4, 0.5) is 5.69 Å². The third-order valence-corrected chi connectivity index (χ3v) is 4.42. The quantitative estimate of drug-likeness (QED) is 0.624. The number of para-hydroxylation sites is 1. The topological polar surface area (TPSA) is 59.6 Å². The maximum absolute atomic E-state index is 12.0. The molecule has 0 fully saturated rings. The fourth-order valence-electron chi connectivity index (χ4n) is 2.41. The van der Waals surface area contributed by atoms with Gasteiger partial charge in [-0.05, 0) is 42.8 Å². The standard InChI is InChI=1S/C19H22Cl2N2O3/c1-25-16-7-6-13(12-17(16)26-2)8-10-22-11-9-18(24)23-19-14(20)4-3-5-15(19)21/h3-7,12,22H,8-11H2,1-2H3,(H,23,24). The highest BCUT2D eigenvalue weighted by Gasteiger charge is 2.09. The van der Waals surface area contributed by atoms with Gasteiger partial charge in [0.15, 0.2) is 11.5 Å². The molecule has 0 saturated carbocycles. The second kappa shape index (κ2) is 10.3. The number of halogens is 2. The summed E-state index contributed by atoms with van der Waals surface area (Å²) in [6.45, 7) is 1.30. The van der Waals surface area contributed by atoms with Crippen LogP contribution in [-0.2, 0) is 11.2 Å². The van der Waals surface area contributed by atoms with Gasteiger partial charge in [-0.25, -0.2) is 0 Å². The fourth-order valence-corrected chi connectivity index (χ4v) is 2.91. The van der Waals surface area contributed by atoms with Gasteiger partial charge in [-0.3, -0.25) is 4.79 Å². The van der Waals surface area contributed by atoms with E-state index in [1.165, 1.54) is 0 Å². The predicted octanol–water partition coefficient (Wildman–Crippen LogP) is 4.17. The lowest BCUT2D eigenvalue weighted by molar-refractivity contribution is -0.116.